The summed E-state index contributed by atoms with van der Waals surface area (Å²) in [6.07, 6.45) is 6.77. The van der Waals surface area contributed by atoms with E-state index in [-0.39, 0.29) is 30.3 Å². The molecule has 1 aliphatic carbocycles. The molecule has 1 aromatic carbocycles. The second-order valence-corrected chi connectivity index (χ2v) is 7.55. The first-order chi connectivity index (χ1) is 12.0. The van der Waals surface area contributed by atoms with E-state index >= 15 is 0 Å². The van der Waals surface area contributed by atoms with Crippen molar-refractivity contribution in [1.82, 2.24) is 15.5 Å². The van der Waals surface area contributed by atoms with E-state index in [9.17, 15) is 9.59 Å². The van der Waals surface area contributed by atoms with Crippen molar-refractivity contribution >= 4 is 24.2 Å². The molecular formula is C20H30ClN3O2. The maximum absolute atomic E-state index is 12.4. The molecule has 5 nitrogen and oxygen atoms in total. The maximum atomic E-state index is 12.4. The predicted molar refractivity (Wildman–Crippen MR) is 106 cm³/mol. The van der Waals surface area contributed by atoms with Crippen LogP contribution in [-0.4, -0.2) is 49.4 Å². The minimum Gasteiger partial charge on any atom is -0.354 e. The Balaban J connectivity index is 0.00000243. The molecule has 3 rings (SSSR count). The summed E-state index contributed by atoms with van der Waals surface area (Å²) in [5.41, 5.74) is 1.76. The largest absolute Gasteiger partial charge is 0.354 e. The van der Waals surface area contributed by atoms with Gasteiger partial charge in [-0.3, -0.25) is 9.59 Å². The minimum atomic E-state index is -0.0326. The fourth-order valence-electron chi connectivity index (χ4n) is 4.09. The van der Waals surface area contributed by atoms with Gasteiger partial charge in [-0.15, -0.1) is 12.4 Å². The van der Waals surface area contributed by atoms with E-state index in [1.54, 1.807) is 19.0 Å². The summed E-state index contributed by atoms with van der Waals surface area (Å²) in [5, 5.41) is 6.57. The first kappa shape index (κ1) is 20.7. The van der Waals surface area contributed by atoms with Gasteiger partial charge in [0.15, 0.2) is 0 Å². The van der Waals surface area contributed by atoms with Crippen molar-refractivity contribution in [1.29, 1.82) is 0 Å². The Bertz CT molecular complexity index is 621. The highest BCUT2D eigenvalue weighted by molar-refractivity contribution is 5.94. The Morgan fingerprint density at radius 1 is 1.23 bits per heavy atom. The van der Waals surface area contributed by atoms with Crippen LogP contribution in [0, 0.1) is 5.92 Å². The van der Waals surface area contributed by atoms with Gasteiger partial charge in [0, 0.05) is 32.2 Å². The van der Waals surface area contributed by atoms with Gasteiger partial charge in [0.25, 0.3) is 5.91 Å². The Morgan fingerprint density at radius 3 is 2.73 bits per heavy atom. The van der Waals surface area contributed by atoms with E-state index in [4.69, 9.17) is 0 Å². The lowest BCUT2D eigenvalue weighted by Gasteiger charge is -2.24. The number of fused-ring (bicyclic) bond motifs is 1. The number of nitrogens with zero attached hydrogens (tertiary/aromatic N) is 1. The summed E-state index contributed by atoms with van der Waals surface area (Å²) >= 11 is 0. The molecule has 3 atom stereocenters. The molecule has 3 unspecified atom stereocenters. The Labute approximate surface area is 162 Å². The predicted octanol–water partition coefficient (Wildman–Crippen LogP) is 2.39. The number of carbonyl (C=O) groups excluding carboxylic acids is 2. The first-order valence-corrected chi connectivity index (χ1v) is 9.39. The molecule has 0 aromatic heterocycles. The fourth-order valence-corrected chi connectivity index (χ4v) is 4.09. The van der Waals surface area contributed by atoms with Crippen LogP contribution in [0.15, 0.2) is 24.3 Å². The highest BCUT2D eigenvalue weighted by atomic mass is 35.5. The number of rotatable bonds is 5. The van der Waals surface area contributed by atoms with Crippen LogP contribution in [0.1, 0.15) is 48.0 Å². The SMILES string of the molecule is CN(C)C(=O)c1cccc(CCNC(=O)C2CC3CCCCC3N2)c1.Cl. The third kappa shape index (κ3) is 4.98. The van der Waals surface area contributed by atoms with E-state index in [1.165, 1.54) is 25.7 Å². The van der Waals surface area contributed by atoms with Gasteiger partial charge in [0.1, 0.15) is 0 Å². The van der Waals surface area contributed by atoms with Crippen LogP contribution >= 0.6 is 12.4 Å². The van der Waals surface area contributed by atoms with Crippen LogP contribution in [0.2, 0.25) is 0 Å². The van der Waals surface area contributed by atoms with Gasteiger partial charge in [-0.1, -0.05) is 25.0 Å². The van der Waals surface area contributed by atoms with Crippen molar-refractivity contribution < 1.29 is 9.59 Å². The molecule has 2 aliphatic rings. The maximum Gasteiger partial charge on any atom is 0.253 e. The molecule has 0 bridgehead atoms. The summed E-state index contributed by atoms with van der Waals surface area (Å²) in [6.45, 7) is 0.603. The molecule has 26 heavy (non-hydrogen) atoms. The lowest BCUT2D eigenvalue weighted by molar-refractivity contribution is -0.122. The molecule has 1 aromatic rings. The molecule has 1 saturated heterocycles. The monoisotopic (exact) mass is 379 g/mol. The summed E-state index contributed by atoms with van der Waals surface area (Å²) in [7, 11) is 3.50. The average Bonchev–Trinajstić information content (AvgIpc) is 3.05. The topological polar surface area (TPSA) is 61.4 Å². The highest BCUT2D eigenvalue weighted by Crippen LogP contribution is 2.33. The Kier molecular flexibility index (Phi) is 7.47. The fraction of sp³-hybridized carbons (Fsp3) is 0.600. The standard InChI is InChI=1S/C20H29N3O2.ClH/c1-23(2)20(25)16-8-5-6-14(12-16)10-11-21-19(24)18-13-15-7-3-4-9-17(15)22-18;/h5-6,8,12,15,17-18,22H,3-4,7,9-11,13H2,1-2H3,(H,21,24);1H. The van der Waals surface area contributed by atoms with Gasteiger partial charge < -0.3 is 15.5 Å². The number of hydrogen-bond donors (Lipinski definition) is 2. The van der Waals surface area contributed by atoms with Crippen LogP contribution < -0.4 is 10.6 Å². The van der Waals surface area contributed by atoms with Gasteiger partial charge in [0.2, 0.25) is 5.91 Å². The van der Waals surface area contributed by atoms with Crippen molar-refractivity contribution in [2.75, 3.05) is 20.6 Å². The molecule has 0 spiro atoms. The van der Waals surface area contributed by atoms with Crippen LogP contribution in [0.4, 0.5) is 0 Å². The molecule has 144 valence electrons. The van der Waals surface area contributed by atoms with Gasteiger partial charge in [-0.05, 0) is 49.3 Å². The Morgan fingerprint density at radius 2 is 2.00 bits per heavy atom. The molecule has 1 heterocycles. The van der Waals surface area contributed by atoms with E-state index in [0.717, 1.165) is 18.4 Å². The second-order valence-electron chi connectivity index (χ2n) is 7.55. The third-order valence-electron chi connectivity index (χ3n) is 5.47. The molecule has 0 radical (unpaired) electrons. The van der Waals surface area contributed by atoms with E-state index < -0.39 is 0 Å². The van der Waals surface area contributed by atoms with Crippen LogP contribution in [-0.2, 0) is 11.2 Å². The molecule has 6 heteroatoms. The molecule has 1 saturated carbocycles. The minimum absolute atomic E-state index is 0. The average molecular weight is 380 g/mol. The number of benzene rings is 1. The number of nitrogens with one attached hydrogen (secondary N) is 2. The highest BCUT2D eigenvalue weighted by Gasteiger charge is 2.37. The molecule has 1 aliphatic heterocycles. The molecular weight excluding hydrogens is 350 g/mol. The van der Waals surface area contributed by atoms with Crippen molar-refractivity contribution in [3.8, 4) is 0 Å². The van der Waals surface area contributed by atoms with Crippen molar-refractivity contribution in [3.05, 3.63) is 35.4 Å². The number of amides is 2. The van der Waals surface area contributed by atoms with Crippen LogP contribution in [0.5, 0.6) is 0 Å². The summed E-state index contributed by atoms with van der Waals surface area (Å²) < 4.78 is 0. The number of carbonyl (C=O) groups is 2. The van der Waals surface area contributed by atoms with Crippen molar-refractivity contribution in [2.45, 2.75) is 50.6 Å². The zero-order chi connectivity index (χ0) is 17.8. The summed E-state index contributed by atoms with van der Waals surface area (Å²) in [6, 6.07) is 8.15. The van der Waals surface area contributed by atoms with Gasteiger partial charge in [-0.25, -0.2) is 0 Å². The smallest absolute Gasteiger partial charge is 0.253 e. The zero-order valence-electron chi connectivity index (χ0n) is 15.7. The normalized spacial score (nSPS) is 24.3. The van der Waals surface area contributed by atoms with E-state index in [0.29, 0.717) is 24.1 Å². The Hall–Kier alpha value is -1.59. The van der Waals surface area contributed by atoms with Crippen LogP contribution in [0.3, 0.4) is 0 Å². The third-order valence-corrected chi connectivity index (χ3v) is 5.47. The van der Waals surface area contributed by atoms with E-state index in [2.05, 4.69) is 10.6 Å². The lowest BCUT2D eigenvalue weighted by Crippen LogP contribution is -2.43. The quantitative estimate of drug-likeness (QED) is 0.825. The lowest BCUT2D eigenvalue weighted by atomic mass is 9.85. The van der Waals surface area contributed by atoms with Gasteiger partial charge in [-0.2, -0.15) is 0 Å². The van der Waals surface area contributed by atoms with Crippen molar-refractivity contribution in [2.24, 2.45) is 5.92 Å². The van der Waals surface area contributed by atoms with E-state index in [1.807, 2.05) is 24.3 Å². The summed E-state index contributed by atoms with van der Waals surface area (Å²) in [4.78, 5) is 26.0. The molecule has 2 amide bonds. The number of hydrogen-bond acceptors (Lipinski definition) is 3. The summed E-state index contributed by atoms with van der Waals surface area (Å²) in [5.74, 6) is 0.803. The molecule has 2 fully saturated rings. The van der Waals surface area contributed by atoms with Crippen LogP contribution in [0.25, 0.3) is 0 Å². The first-order valence-electron chi connectivity index (χ1n) is 9.39. The molecule has 2 N–H and O–H groups in total. The van der Waals surface area contributed by atoms with Gasteiger partial charge in [0.05, 0.1) is 6.04 Å². The van der Waals surface area contributed by atoms with Gasteiger partial charge >= 0.3 is 0 Å². The number of halogens is 1. The van der Waals surface area contributed by atoms with Crippen molar-refractivity contribution in [3.63, 3.8) is 0 Å². The second kappa shape index (κ2) is 9.38. The zero-order valence-corrected chi connectivity index (χ0v) is 16.5.